The van der Waals surface area contributed by atoms with Crippen LogP contribution >= 0.6 is 0 Å². The number of amidine groups is 1. The summed E-state index contributed by atoms with van der Waals surface area (Å²) in [5, 5.41) is 20.5. The van der Waals surface area contributed by atoms with E-state index in [-0.39, 0.29) is 17.2 Å². The highest BCUT2D eigenvalue weighted by atomic mass is 32.2. The number of azo groups is 1. The molecule has 122 valence electrons. The molecule has 0 bridgehead atoms. The summed E-state index contributed by atoms with van der Waals surface area (Å²) in [6.45, 7) is 0. The topological polar surface area (TPSA) is 119 Å². The molecule has 0 spiro atoms. The Morgan fingerprint density at radius 1 is 1.08 bits per heavy atom. The monoisotopic (exact) mass is 342 g/mol. The number of nitrogens with one attached hydrogen (secondary N) is 2. The fraction of sp³-hybridized carbons (Fsp3) is 0.0667. The van der Waals surface area contributed by atoms with Crippen LogP contribution in [0.25, 0.3) is 0 Å². The minimum Gasteiger partial charge on any atom is -0.282 e. The van der Waals surface area contributed by atoms with Crippen molar-refractivity contribution >= 4 is 32.9 Å². The van der Waals surface area contributed by atoms with E-state index in [2.05, 4.69) is 25.5 Å². The van der Waals surface area contributed by atoms with Gasteiger partial charge >= 0.3 is 0 Å². The molecule has 0 amide bonds. The molecular formula is C15H14N6O2S. The van der Waals surface area contributed by atoms with E-state index in [1.165, 1.54) is 0 Å². The van der Waals surface area contributed by atoms with Crippen LogP contribution in [0.4, 0.5) is 17.1 Å². The first-order chi connectivity index (χ1) is 11.5. The van der Waals surface area contributed by atoms with Crippen molar-refractivity contribution in [1.82, 2.24) is 0 Å². The van der Waals surface area contributed by atoms with Gasteiger partial charge in [0, 0.05) is 0 Å². The maximum atomic E-state index is 11.3. The zero-order valence-electron chi connectivity index (χ0n) is 12.7. The van der Waals surface area contributed by atoms with Crippen molar-refractivity contribution in [2.75, 3.05) is 16.4 Å². The lowest BCUT2D eigenvalue weighted by Gasteiger charge is -2.05. The quantitative estimate of drug-likeness (QED) is 0.375. The summed E-state index contributed by atoms with van der Waals surface area (Å²) in [5.74, 6) is -0.201. The zero-order chi connectivity index (χ0) is 17.4. The summed E-state index contributed by atoms with van der Waals surface area (Å²) in [6, 6.07) is 17.3. The Bertz CT molecular complexity index is 901. The third-order valence-electron chi connectivity index (χ3n) is 2.62. The largest absolute Gasteiger partial charge is 0.282 e. The first-order valence-electron chi connectivity index (χ1n) is 6.75. The highest BCUT2D eigenvalue weighted by Crippen LogP contribution is 2.25. The van der Waals surface area contributed by atoms with Gasteiger partial charge in [0.15, 0.2) is 0 Å². The van der Waals surface area contributed by atoms with E-state index in [1.54, 1.807) is 42.5 Å². The Morgan fingerprint density at radius 3 is 2.42 bits per heavy atom. The lowest BCUT2D eigenvalue weighted by molar-refractivity contribution is 0.607. The van der Waals surface area contributed by atoms with Crippen molar-refractivity contribution in [3.8, 4) is 6.07 Å². The van der Waals surface area contributed by atoms with Crippen molar-refractivity contribution < 1.29 is 8.42 Å². The van der Waals surface area contributed by atoms with Crippen LogP contribution in [0, 0.1) is 11.3 Å². The highest BCUT2D eigenvalue weighted by molar-refractivity contribution is 7.92. The summed E-state index contributed by atoms with van der Waals surface area (Å²) < 4.78 is 25.0. The summed E-state index contributed by atoms with van der Waals surface area (Å²) in [6.07, 6.45) is 1.03. The van der Waals surface area contributed by atoms with Gasteiger partial charge in [0.05, 0.1) is 17.6 Å². The average molecular weight is 342 g/mol. The van der Waals surface area contributed by atoms with Gasteiger partial charge in [-0.25, -0.2) is 8.42 Å². The van der Waals surface area contributed by atoms with E-state index in [4.69, 9.17) is 5.26 Å². The molecule has 2 rings (SSSR count). The summed E-state index contributed by atoms with van der Waals surface area (Å²) in [4.78, 5) is 0. The van der Waals surface area contributed by atoms with Gasteiger partial charge in [-0.15, -0.1) is 15.3 Å². The fourth-order valence-corrected chi connectivity index (χ4v) is 2.22. The molecule has 0 aliphatic rings. The van der Waals surface area contributed by atoms with Crippen LogP contribution in [-0.2, 0) is 10.0 Å². The maximum absolute atomic E-state index is 11.3. The third-order valence-corrected chi connectivity index (χ3v) is 3.21. The number of hydrogen-bond donors (Lipinski definition) is 2. The van der Waals surface area contributed by atoms with Gasteiger partial charge in [-0.1, -0.05) is 30.3 Å². The molecule has 0 aliphatic heterocycles. The SMILES string of the molecule is CS(=O)(=O)Nc1ccccc1N=N/C(C#N)=N/Nc1ccccc1. The van der Waals surface area contributed by atoms with Crippen LogP contribution < -0.4 is 10.1 Å². The Labute approximate surface area is 139 Å². The summed E-state index contributed by atoms with van der Waals surface area (Å²) in [5.41, 5.74) is 3.91. The van der Waals surface area contributed by atoms with Crippen molar-refractivity contribution in [3.05, 3.63) is 54.6 Å². The van der Waals surface area contributed by atoms with E-state index in [9.17, 15) is 8.42 Å². The Kier molecular flexibility index (Phi) is 5.59. The number of para-hydroxylation sites is 2. The molecule has 0 aromatic heterocycles. The van der Waals surface area contributed by atoms with E-state index in [0.29, 0.717) is 5.69 Å². The molecule has 2 aromatic carbocycles. The predicted molar refractivity (Wildman–Crippen MR) is 92.5 cm³/mol. The normalized spacial score (nSPS) is 11.9. The van der Waals surface area contributed by atoms with Crippen LogP contribution in [0.5, 0.6) is 0 Å². The Balaban J connectivity index is 2.18. The number of anilines is 2. The van der Waals surface area contributed by atoms with Gasteiger partial charge in [0.1, 0.15) is 11.8 Å². The molecule has 0 radical (unpaired) electrons. The standard InChI is InChI=1S/C15H14N6O2S/c1-24(22,23)21-14-10-6-5-9-13(14)18-20-15(11-16)19-17-12-7-3-2-4-8-12/h2-10,17,21H,1H3/b19-15+,20-18?. The highest BCUT2D eigenvalue weighted by Gasteiger charge is 2.06. The van der Waals surface area contributed by atoms with Crippen molar-refractivity contribution in [1.29, 1.82) is 5.26 Å². The van der Waals surface area contributed by atoms with Crippen molar-refractivity contribution in [2.24, 2.45) is 15.3 Å². The molecule has 0 heterocycles. The van der Waals surface area contributed by atoms with E-state index >= 15 is 0 Å². The molecule has 0 unspecified atom stereocenters. The van der Waals surface area contributed by atoms with Gasteiger partial charge < -0.3 is 0 Å². The number of hydrogen-bond acceptors (Lipinski definition) is 6. The number of hydrazone groups is 1. The van der Waals surface area contributed by atoms with Crippen molar-refractivity contribution in [3.63, 3.8) is 0 Å². The van der Waals surface area contributed by atoms with Gasteiger partial charge in [-0.05, 0) is 24.3 Å². The second kappa shape index (κ2) is 7.85. The predicted octanol–water partition coefficient (Wildman–Crippen LogP) is 3.09. The molecule has 24 heavy (non-hydrogen) atoms. The van der Waals surface area contributed by atoms with Crippen LogP contribution in [0.3, 0.4) is 0 Å². The molecule has 9 heteroatoms. The van der Waals surface area contributed by atoms with Crippen molar-refractivity contribution in [2.45, 2.75) is 0 Å². The molecule has 0 saturated heterocycles. The molecule has 0 fully saturated rings. The fourth-order valence-electron chi connectivity index (χ4n) is 1.65. The van der Waals surface area contributed by atoms with Crippen LogP contribution in [0.2, 0.25) is 0 Å². The second-order valence-electron chi connectivity index (χ2n) is 4.62. The van der Waals surface area contributed by atoms with E-state index in [1.807, 2.05) is 18.2 Å². The van der Waals surface area contributed by atoms with Gasteiger partial charge in [0.2, 0.25) is 10.0 Å². The molecule has 8 nitrogen and oxygen atoms in total. The first kappa shape index (κ1) is 17.1. The van der Waals surface area contributed by atoms with E-state index in [0.717, 1.165) is 6.26 Å². The lowest BCUT2D eigenvalue weighted by Crippen LogP contribution is -2.09. The van der Waals surface area contributed by atoms with Crippen LogP contribution in [0.15, 0.2) is 69.9 Å². The van der Waals surface area contributed by atoms with Crippen LogP contribution in [0.1, 0.15) is 0 Å². The smallest absolute Gasteiger partial charge is 0.270 e. The minimum atomic E-state index is -3.45. The van der Waals surface area contributed by atoms with Crippen LogP contribution in [-0.4, -0.2) is 20.5 Å². The summed E-state index contributed by atoms with van der Waals surface area (Å²) in [7, 11) is -3.45. The summed E-state index contributed by atoms with van der Waals surface area (Å²) >= 11 is 0. The number of rotatable bonds is 5. The third kappa shape index (κ3) is 5.51. The zero-order valence-corrected chi connectivity index (χ0v) is 13.5. The maximum Gasteiger partial charge on any atom is 0.270 e. The molecule has 0 aliphatic carbocycles. The molecular weight excluding hydrogens is 328 g/mol. The number of nitriles is 1. The number of benzene rings is 2. The van der Waals surface area contributed by atoms with Gasteiger partial charge in [-0.2, -0.15) is 5.26 Å². The number of sulfonamides is 1. The molecule has 0 saturated carbocycles. The second-order valence-corrected chi connectivity index (χ2v) is 6.36. The minimum absolute atomic E-state index is 0.201. The Morgan fingerprint density at radius 2 is 1.75 bits per heavy atom. The van der Waals surface area contributed by atoms with E-state index < -0.39 is 10.0 Å². The average Bonchev–Trinajstić information content (AvgIpc) is 2.56. The molecule has 0 atom stereocenters. The number of nitrogens with zero attached hydrogens (tertiary/aromatic N) is 4. The molecule has 2 N–H and O–H groups in total. The lowest BCUT2D eigenvalue weighted by atomic mass is 10.3. The Hall–Kier alpha value is -3.25. The van der Waals surface area contributed by atoms with Gasteiger partial charge in [-0.3, -0.25) is 10.1 Å². The first-order valence-corrected chi connectivity index (χ1v) is 8.64. The molecule has 2 aromatic rings. The van der Waals surface area contributed by atoms with Gasteiger partial charge in [0.25, 0.3) is 5.84 Å².